The molecule has 1 fully saturated rings. The number of alkyl halides is 3. The molecule has 1 saturated carbocycles. The SMILES string of the molecule is C#CC(=O)N(CC(=O)N(c1ccccc1Cl)C1CCCCC1)c1cccc(C(F)(F)F)c1. The standard InChI is InChI=1S/C24H22ClF3N2O2/c1-2-22(31)29(19-12-8-9-17(15-19)24(26,27)28)16-23(32)30(18-10-4-3-5-11-18)21-14-7-6-13-20(21)25/h1,6-9,12-15,18H,3-5,10-11,16H2. The predicted octanol–water partition coefficient (Wildman–Crippen LogP) is 5.69. The monoisotopic (exact) mass is 462 g/mol. The normalized spacial score (nSPS) is 14.5. The second-order valence-corrected chi connectivity index (χ2v) is 8.00. The second kappa shape index (κ2) is 10.1. The number of amides is 2. The number of terminal acetylenes is 1. The molecule has 0 spiro atoms. The first-order valence-corrected chi connectivity index (χ1v) is 10.6. The van der Waals surface area contributed by atoms with Gasteiger partial charge in [-0.25, -0.2) is 0 Å². The lowest BCUT2D eigenvalue weighted by Crippen LogP contribution is -2.48. The van der Waals surface area contributed by atoms with Crippen molar-refractivity contribution in [2.75, 3.05) is 16.3 Å². The zero-order valence-corrected chi connectivity index (χ0v) is 18.0. The van der Waals surface area contributed by atoms with Crippen LogP contribution in [0.15, 0.2) is 48.5 Å². The molecule has 0 atom stereocenters. The zero-order chi connectivity index (χ0) is 23.3. The fourth-order valence-corrected chi connectivity index (χ4v) is 4.17. The number of nitrogens with zero attached hydrogens (tertiary/aromatic N) is 2. The van der Waals surface area contributed by atoms with E-state index in [0.717, 1.165) is 49.1 Å². The lowest BCUT2D eigenvalue weighted by molar-refractivity contribution is -0.137. The van der Waals surface area contributed by atoms with Gasteiger partial charge >= 0.3 is 12.1 Å². The van der Waals surface area contributed by atoms with Crippen LogP contribution in [0.1, 0.15) is 37.7 Å². The number of halogens is 4. The quantitative estimate of drug-likeness (QED) is 0.535. The topological polar surface area (TPSA) is 40.6 Å². The third-order valence-corrected chi connectivity index (χ3v) is 5.79. The van der Waals surface area contributed by atoms with Crippen molar-refractivity contribution >= 4 is 34.8 Å². The maximum atomic E-state index is 13.5. The molecule has 0 aliphatic heterocycles. The highest BCUT2D eigenvalue weighted by Gasteiger charge is 2.33. The Morgan fingerprint density at radius 3 is 2.38 bits per heavy atom. The highest BCUT2D eigenvalue weighted by molar-refractivity contribution is 6.34. The summed E-state index contributed by atoms with van der Waals surface area (Å²) in [6.45, 7) is -0.508. The molecule has 2 amide bonds. The lowest BCUT2D eigenvalue weighted by atomic mass is 9.93. The lowest BCUT2D eigenvalue weighted by Gasteiger charge is -2.36. The summed E-state index contributed by atoms with van der Waals surface area (Å²) in [6.07, 6.45) is 5.14. The van der Waals surface area contributed by atoms with Crippen molar-refractivity contribution in [3.63, 3.8) is 0 Å². The first kappa shape index (κ1) is 23.7. The van der Waals surface area contributed by atoms with Crippen LogP contribution in [0.25, 0.3) is 0 Å². The van der Waals surface area contributed by atoms with Crippen LogP contribution in [-0.4, -0.2) is 24.4 Å². The van der Waals surface area contributed by atoms with Crippen LogP contribution in [-0.2, 0) is 15.8 Å². The minimum absolute atomic E-state index is 0.0983. The number of hydrogen-bond donors (Lipinski definition) is 0. The molecule has 1 aliphatic rings. The van der Waals surface area contributed by atoms with Gasteiger partial charge in [0.15, 0.2) is 0 Å². The summed E-state index contributed by atoms with van der Waals surface area (Å²) in [4.78, 5) is 28.3. The van der Waals surface area contributed by atoms with Crippen LogP contribution in [0.2, 0.25) is 5.02 Å². The van der Waals surface area contributed by atoms with Gasteiger partial charge in [-0.1, -0.05) is 49.1 Å². The maximum Gasteiger partial charge on any atom is 0.416 e. The third-order valence-electron chi connectivity index (χ3n) is 5.47. The Labute approximate surface area is 190 Å². The number of carbonyl (C=O) groups is 2. The Balaban J connectivity index is 1.97. The molecule has 0 aromatic heterocycles. The third kappa shape index (κ3) is 5.43. The van der Waals surface area contributed by atoms with Gasteiger partial charge in [-0.15, -0.1) is 6.42 Å². The van der Waals surface area contributed by atoms with Gasteiger partial charge in [0.25, 0.3) is 0 Å². The van der Waals surface area contributed by atoms with Gasteiger partial charge in [0.05, 0.1) is 16.3 Å². The molecule has 1 aliphatic carbocycles. The molecule has 32 heavy (non-hydrogen) atoms. The smallest absolute Gasteiger partial charge is 0.306 e. The first-order valence-electron chi connectivity index (χ1n) is 10.2. The van der Waals surface area contributed by atoms with Crippen molar-refractivity contribution in [2.24, 2.45) is 0 Å². The van der Waals surface area contributed by atoms with Crippen LogP contribution in [0.3, 0.4) is 0 Å². The van der Waals surface area contributed by atoms with Gasteiger partial charge < -0.3 is 4.90 Å². The van der Waals surface area contributed by atoms with E-state index in [1.165, 1.54) is 12.1 Å². The maximum absolute atomic E-state index is 13.5. The number of para-hydroxylation sites is 1. The number of benzene rings is 2. The summed E-state index contributed by atoms with van der Waals surface area (Å²) in [5, 5.41) is 0.375. The van der Waals surface area contributed by atoms with E-state index in [1.807, 2.05) is 5.92 Å². The Morgan fingerprint density at radius 2 is 1.75 bits per heavy atom. The fourth-order valence-electron chi connectivity index (χ4n) is 3.94. The van der Waals surface area contributed by atoms with Gasteiger partial charge in [-0.3, -0.25) is 14.5 Å². The van der Waals surface area contributed by atoms with Crippen LogP contribution in [0, 0.1) is 12.3 Å². The number of carbonyl (C=O) groups excluding carboxylic acids is 2. The summed E-state index contributed by atoms with van der Waals surface area (Å²) < 4.78 is 39.5. The molecule has 2 aromatic rings. The largest absolute Gasteiger partial charge is 0.416 e. The summed E-state index contributed by atoms with van der Waals surface area (Å²) in [5.41, 5.74) is -0.533. The van der Waals surface area contributed by atoms with E-state index in [4.69, 9.17) is 18.0 Å². The Bertz CT molecular complexity index is 1030. The molecule has 0 unspecified atom stereocenters. The van der Waals surface area contributed by atoms with Crippen LogP contribution >= 0.6 is 11.6 Å². The zero-order valence-electron chi connectivity index (χ0n) is 17.2. The number of hydrogen-bond acceptors (Lipinski definition) is 2. The van der Waals surface area contributed by atoms with E-state index in [0.29, 0.717) is 10.7 Å². The molecule has 2 aromatic carbocycles. The van der Waals surface area contributed by atoms with Crippen LogP contribution < -0.4 is 9.80 Å². The van der Waals surface area contributed by atoms with Crippen molar-refractivity contribution in [3.8, 4) is 12.3 Å². The molecular formula is C24H22ClF3N2O2. The van der Waals surface area contributed by atoms with Crippen molar-refractivity contribution in [2.45, 2.75) is 44.3 Å². The molecule has 0 N–H and O–H groups in total. The molecule has 8 heteroatoms. The highest BCUT2D eigenvalue weighted by Crippen LogP contribution is 2.34. The average molecular weight is 463 g/mol. The van der Waals surface area contributed by atoms with E-state index < -0.39 is 30.1 Å². The van der Waals surface area contributed by atoms with E-state index in [1.54, 1.807) is 29.2 Å². The Hall–Kier alpha value is -2.98. The minimum atomic E-state index is -4.60. The Kier molecular flexibility index (Phi) is 7.47. The van der Waals surface area contributed by atoms with E-state index in [-0.39, 0.29) is 11.7 Å². The van der Waals surface area contributed by atoms with E-state index in [9.17, 15) is 22.8 Å². The molecule has 4 nitrogen and oxygen atoms in total. The molecule has 0 heterocycles. The highest BCUT2D eigenvalue weighted by atomic mass is 35.5. The summed E-state index contributed by atoms with van der Waals surface area (Å²) >= 11 is 6.36. The molecule has 0 radical (unpaired) electrons. The van der Waals surface area contributed by atoms with Crippen molar-refractivity contribution in [3.05, 3.63) is 59.1 Å². The first-order chi connectivity index (χ1) is 15.2. The van der Waals surface area contributed by atoms with Crippen LogP contribution in [0.4, 0.5) is 24.5 Å². The van der Waals surface area contributed by atoms with E-state index in [2.05, 4.69) is 0 Å². The molecule has 0 saturated heterocycles. The van der Waals surface area contributed by atoms with Gasteiger partial charge in [-0.05, 0) is 49.1 Å². The van der Waals surface area contributed by atoms with Crippen molar-refractivity contribution < 1.29 is 22.8 Å². The molecular weight excluding hydrogens is 441 g/mol. The van der Waals surface area contributed by atoms with Gasteiger partial charge in [0.1, 0.15) is 6.54 Å². The fraction of sp³-hybridized carbons (Fsp3) is 0.333. The van der Waals surface area contributed by atoms with Crippen molar-refractivity contribution in [1.29, 1.82) is 0 Å². The van der Waals surface area contributed by atoms with Gasteiger partial charge in [0.2, 0.25) is 5.91 Å². The minimum Gasteiger partial charge on any atom is -0.306 e. The second-order valence-electron chi connectivity index (χ2n) is 7.59. The predicted molar refractivity (Wildman–Crippen MR) is 118 cm³/mol. The number of anilines is 2. The summed E-state index contributed by atoms with van der Waals surface area (Å²) in [6, 6.07) is 10.9. The average Bonchev–Trinajstić information content (AvgIpc) is 2.78. The molecule has 168 valence electrons. The van der Waals surface area contributed by atoms with Gasteiger partial charge in [0, 0.05) is 11.7 Å². The molecule has 3 rings (SSSR count). The number of rotatable bonds is 5. The molecule has 0 bridgehead atoms. The summed E-state index contributed by atoms with van der Waals surface area (Å²) in [7, 11) is 0. The van der Waals surface area contributed by atoms with Crippen molar-refractivity contribution in [1.82, 2.24) is 0 Å². The summed E-state index contributed by atoms with van der Waals surface area (Å²) in [5.74, 6) is 0.537. The Morgan fingerprint density at radius 1 is 1.06 bits per heavy atom. The van der Waals surface area contributed by atoms with Gasteiger partial charge in [-0.2, -0.15) is 13.2 Å². The van der Waals surface area contributed by atoms with Crippen LogP contribution in [0.5, 0.6) is 0 Å². The van der Waals surface area contributed by atoms with E-state index >= 15 is 0 Å².